The Morgan fingerprint density at radius 2 is 1.60 bits per heavy atom. The molecule has 5 nitrogen and oxygen atoms in total. The summed E-state index contributed by atoms with van der Waals surface area (Å²) < 4.78 is 36.7. The molecule has 5 rings (SSSR count). The van der Waals surface area contributed by atoms with E-state index in [0.717, 1.165) is 52.3 Å². The van der Waals surface area contributed by atoms with Crippen molar-refractivity contribution in [2.45, 2.75) is 31.8 Å². The molecule has 0 saturated heterocycles. The maximum absolute atomic E-state index is 11.5. The monoisotopic (exact) mass is 644 g/mol. The van der Waals surface area contributed by atoms with E-state index in [2.05, 4.69) is 77.1 Å². The summed E-state index contributed by atoms with van der Waals surface area (Å²) in [4.78, 5) is 2.12. The van der Waals surface area contributed by atoms with Crippen molar-refractivity contribution in [3.8, 4) is 0 Å². The normalized spacial score (nSPS) is 12.5. The Morgan fingerprint density at radius 1 is 0.889 bits per heavy atom. The van der Waals surface area contributed by atoms with Gasteiger partial charge in [-0.15, -0.1) is 5.56 Å². The molecule has 0 amide bonds. The molecule has 0 bridgehead atoms. The smallest absolute Gasteiger partial charge is 0.744 e. The SMILES string of the molecule is CCN(Cc1c[c-]ccc1)c1ccc(C(=C2C=CC(=[N+](CC)Cc3cccc(S(=O)(=O)[O-])c3)C=C2)c2ccccc2Cl)cc1.[Na+]. The number of nitrogens with zero attached hydrogens (tertiary/aromatic N) is 2. The number of rotatable bonds is 10. The van der Waals surface area contributed by atoms with E-state index in [1.54, 1.807) is 6.07 Å². The number of hydrogen-bond donors (Lipinski definition) is 0. The molecule has 0 unspecified atom stereocenters. The summed E-state index contributed by atoms with van der Waals surface area (Å²) in [6, 6.07) is 33.9. The Hall–Kier alpha value is -3.23. The van der Waals surface area contributed by atoms with Gasteiger partial charge in [-0.05, 0) is 79.6 Å². The predicted molar refractivity (Wildman–Crippen MR) is 178 cm³/mol. The third-order valence-corrected chi connectivity index (χ3v) is 8.82. The van der Waals surface area contributed by atoms with Crippen molar-refractivity contribution in [1.82, 2.24) is 0 Å². The standard InChI is InChI=1S/C37H35ClN2O3S.Na/c1-3-39(26-28-11-6-5-7-12-28)32-21-17-30(18-22-32)37(35-15-8-9-16-36(35)38)31-19-23-33(24-20-31)40(4-2)27-29-13-10-14-34(25-29)44(41,42)43;/h5-6,8-25H,3-4,26-27H2,1-2H3,(H,41,42,43);/q;+1/p-1. The summed E-state index contributed by atoms with van der Waals surface area (Å²) in [5, 5.41) is 0.676. The van der Waals surface area contributed by atoms with Crippen molar-refractivity contribution in [3.05, 3.63) is 160 Å². The van der Waals surface area contributed by atoms with Gasteiger partial charge in [-0.3, -0.25) is 0 Å². The molecular weight excluding hydrogens is 611 g/mol. The fourth-order valence-corrected chi connectivity index (χ4v) is 6.13. The van der Waals surface area contributed by atoms with Crippen molar-refractivity contribution in [1.29, 1.82) is 0 Å². The van der Waals surface area contributed by atoms with Crippen LogP contribution >= 0.6 is 11.6 Å². The molecule has 224 valence electrons. The molecule has 0 fully saturated rings. The van der Waals surface area contributed by atoms with E-state index in [0.29, 0.717) is 18.1 Å². The van der Waals surface area contributed by atoms with Crippen molar-refractivity contribution in [2.24, 2.45) is 0 Å². The second kappa shape index (κ2) is 15.9. The summed E-state index contributed by atoms with van der Waals surface area (Å²) in [7, 11) is -4.51. The van der Waals surface area contributed by atoms with Gasteiger partial charge in [-0.2, -0.15) is 30.3 Å². The minimum absolute atomic E-state index is 0. The van der Waals surface area contributed by atoms with E-state index in [1.807, 2.05) is 55.5 Å². The first-order valence-corrected chi connectivity index (χ1v) is 16.4. The molecule has 0 saturated carbocycles. The molecule has 0 atom stereocenters. The van der Waals surface area contributed by atoms with Crippen LogP contribution in [0, 0.1) is 6.07 Å². The van der Waals surface area contributed by atoms with Crippen LogP contribution in [-0.4, -0.2) is 36.3 Å². The van der Waals surface area contributed by atoms with Gasteiger partial charge in [0.1, 0.15) is 16.7 Å². The van der Waals surface area contributed by atoms with Crippen LogP contribution in [0.1, 0.15) is 36.1 Å². The minimum Gasteiger partial charge on any atom is -0.744 e. The predicted octanol–water partition coefficient (Wildman–Crippen LogP) is 4.68. The van der Waals surface area contributed by atoms with Gasteiger partial charge >= 0.3 is 29.6 Å². The summed E-state index contributed by atoms with van der Waals surface area (Å²) in [5.74, 6) is 0. The fraction of sp³-hybridized carbons (Fsp3) is 0.162. The van der Waals surface area contributed by atoms with E-state index in [1.165, 1.54) is 17.7 Å². The van der Waals surface area contributed by atoms with Gasteiger partial charge in [-0.1, -0.05) is 54.1 Å². The van der Waals surface area contributed by atoms with E-state index in [-0.39, 0.29) is 34.5 Å². The van der Waals surface area contributed by atoms with Crippen LogP contribution in [0.2, 0.25) is 5.02 Å². The molecule has 0 aliphatic heterocycles. The van der Waals surface area contributed by atoms with Crippen LogP contribution < -0.4 is 34.5 Å². The van der Waals surface area contributed by atoms with Crippen LogP contribution in [-0.2, 0) is 23.2 Å². The third kappa shape index (κ3) is 8.73. The average Bonchev–Trinajstić information content (AvgIpc) is 3.04. The summed E-state index contributed by atoms with van der Waals surface area (Å²) in [6.45, 7) is 7.05. The average molecular weight is 645 g/mol. The molecule has 4 aromatic rings. The van der Waals surface area contributed by atoms with Crippen molar-refractivity contribution < 1.29 is 47.1 Å². The maximum atomic E-state index is 11.5. The van der Waals surface area contributed by atoms with Gasteiger partial charge < -0.3 is 9.45 Å². The Labute approximate surface area is 293 Å². The summed E-state index contributed by atoms with van der Waals surface area (Å²) in [5.41, 5.74) is 8.15. The Kier molecular flexibility index (Phi) is 12.2. The molecule has 0 spiro atoms. The molecule has 1 aliphatic rings. The second-order valence-electron chi connectivity index (χ2n) is 10.5. The molecular formula is C37H34ClN2NaO3S. The van der Waals surface area contributed by atoms with Crippen LogP contribution in [0.25, 0.3) is 5.57 Å². The Balaban J connectivity index is 0.00000461. The summed E-state index contributed by atoms with van der Waals surface area (Å²) >= 11 is 6.75. The zero-order valence-corrected chi connectivity index (χ0v) is 29.4. The molecule has 8 heteroatoms. The van der Waals surface area contributed by atoms with Crippen molar-refractivity contribution >= 4 is 38.7 Å². The van der Waals surface area contributed by atoms with Gasteiger partial charge in [0.15, 0.2) is 12.3 Å². The van der Waals surface area contributed by atoms with Crippen LogP contribution in [0.15, 0.2) is 132 Å². The van der Waals surface area contributed by atoms with E-state index in [4.69, 9.17) is 11.6 Å². The van der Waals surface area contributed by atoms with Crippen molar-refractivity contribution in [3.63, 3.8) is 0 Å². The van der Waals surface area contributed by atoms with E-state index < -0.39 is 10.1 Å². The minimum atomic E-state index is -4.51. The number of benzene rings is 4. The van der Waals surface area contributed by atoms with Gasteiger partial charge in [0.2, 0.25) is 0 Å². The molecule has 0 heterocycles. The van der Waals surface area contributed by atoms with Gasteiger partial charge in [0, 0.05) is 40.5 Å². The number of allylic oxidation sites excluding steroid dienone is 5. The zero-order valence-electron chi connectivity index (χ0n) is 25.8. The second-order valence-corrected chi connectivity index (χ2v) is 12.3. The first-order chi connectivity index (χ1) is 21.3. The number of halogens is 1. The largest absolute Gasteiger partial charge is 1.00 e. The molecule has 0 N–H and O–H groups in total. The molecule has 0 aromatic heterocycles. The third-order valence-electron chi connectivity index (χ3n) is 7.65. The number of hydrogen-bond acceptors (Lipinski definition) is 4. The topological polar surface area (TPSA) is 63.5 Å². The molecule has 4 aromatic carbocycles. The summed E-state index contributed by atoms with van der Waals surface area (Å²) in [6.07, 6.45) is 8.31. The molecule has 45 heavy (non-hydrogen) atoms. The Morgan fingerprint density at radius 3 is 2.22 bits per heavy atom. The quantitative estimate of drug-likeness (QED) is 0.109. The number of anilines is 1. The maximum Gasteiger partial charge on any atom is 1.00 e. The first-order valence-electron chi connectivity index (χ1n) is 14.6. The van der Waals surface area contributed by atoms with E-state index in [9.17, 15) is 13.0 Å². The molecule has 1 aliphatic carbocycles. The first kappa shape index (κ1) is 34.6. The van der Waals surface area contributed by atoms with Crippen LogP contribution in [0.5, 0.6) is 0 Å². The van der Waals surface area contributed by atoms with Crippen LogP contribution in [0.4, 0.5) is 5.69 Å². The van der Waals surface area contributed by atoms with Gasteiger partial charge in [0.05, 0.1) is 4.90 Å². The van der Waals surface area contributed by atoms with Gasteiger partial charge in [-0.25, -0.2) is 13.0 Å². The van der Waals surface area contributed by atoms with Gasteiger partial charge in [0.25, 0.3) is 0 Å². The fourth-order valence-electron chi connectivity index (χ4n) is 5.36. The molecule has 0 radical (unpaired) electrons. The Bertz CT molecular complexity index is 1850. The zero-order chi connectivity index (χ0) is 31.1. The van der Waals surface area contributed by atoms with E-state index >= 15 is 0 Å². The van der Waals surface area contributed by atoms with Crippen LogP contribution in [0.3, 0.4) is 0 Å². The van der Waals surface area contributed by atoms with Crippen molar-refractivity contribution in [2.75, 3.05) is 18.0 Å².